The van der Waals surface area contributed by atoms with Crippen LogP contribution >= 0.6 is 0 Å². The van der Waals surface area contributed by atoms with Crippen LogP contribution in [0.5, 0.6) is 0 Å². The summed E-state index contributed by atoms with van der Waals surface area (Å²) < 4.78 is 5.41. The molecule has 1 N–H and O–H groups in total. The quantitative estimate of drug-likeness (QED) is 0.918. The lowest BCUT2D eigenvalue weighted by atomic mass is 9.83. The Morgan fingerprint density at radius 3 is 2.65 bits per heavy atom. The minimum absolute atomic E-state index is 0.114. The van der Waals surface area contributed by atoms with Crippen molar-refractivity contribution in [3.05, 3.63) is 23.9 Å². The summed E-state index contributed by atoms with van der Waals surface area (Å²) in [7, 11) is 0. The van der Waals surface area contributed by atoms with Gasteiger partial charge in [0.25, 0.3) is 0 Å². The molecule has 3 rings (SSSR count). The monoisotopic (exact) mass is 274 g/mol. The van der Waals surface area contributed by atoms with E-state index in [1.807, 2.05) is 12.3 Å². The molecule has 20 heavy (non-hydrogen) atoms. The molecule has 0 bridgehead atoms. The molecule has 1 aromatic heterocycles. The van der Waals surface area contributed by atoms with E-state index in [1.165, 1.54) is 5.56 Å². The molecule has 0 aromatic carbocycles. The van der Waals surface area contributed by atoms with Gasteiger partial charge >= 0.3 is 0 Å². The van der Waals surface area contributed by atoms with E-state index in [0.29, 0.717) is 17.7 Å². The van der Waals surface area contributed by atoms with E-state index in [-0.39, 0.29) is 11.8 Å². The number of pyridine rings is 1. The minimum Gasteiger partial charge on any atom is -0.381 e. The van der Waals surface area contributed by atoms with Crippen molar-refractivity contribution in [1.29, 1.82) is 0 Å². The highest BCUT2D eigenvalue weighted by atomic mass is 16.5. The summed E-state index contributed by atoms with van der Waals surface area (Å²) in [6.07, 6.45) is 6.20. The third-order valence-electron chi connectivity index (χ3n) is 4.48. The highest BCUT2D eigenvalue weighted by Crippen LogP contribution is 2.32. The second kappa shape index (κ2) is 5.92. The second-order valence-electron chi connectivity index (χ2n) is 5.98. The normalized spacial score (nSPS) is 21.4. The van der Waals surface area contributed by atoms with Gasteiger partial charge in [-0.3, -0.25) is 4.79 Å². The predicted octanol–water partition coefficient (Wildman–Crippen LogP) is 2.96. The summed E-state index contributed by atoms with van der Waals surface area (Å²) in [5.41, 5.74) is 1.25. The maximum absolute atomic E-state index is 11.7. The van der Waals surface area contributed by atoms with Gasteiger partial charge in [-0.25, -0.2) is 4.98 Å². The number of hydrogen-bond donors (Lipinski definition) is 1. The van der Waals surface area contributed by atoms with Crippen LogP contribution in [0.25, 0.3) is 0 Å². The molecular weight excluding hydrogens is 252 g/mol. The smallest absolute Gasteiger partial charge is 0.228 e. The Balaban J connectivity index is 1.60. The van der Waals surface area contributed by atoms with Crippen molar-refractivity contribution in [3.63, 3.8) is 0 Å². The molecule has 1 unspecified atom stereocenters. The number of carbonyl (C=O) groups is 1. The maximum atomic E-state index is 11.7. The highest BCUT2D eigenvalue weighted by molar-refractivity contribution is 5.93. The molecule has 0 spiro atoms. The van der Waals surface area contributed by atoms with Crippen LogP contribution < -0.4 is 5.32 Å². The molecule has 0 radical (unpaired) electrons. The van der Waals surface area contributed by atoms with Crippen LogP contribution in [0.1, 0.15) is 44.1 Å². The van der Waals surface area contributed by atoms with Crippen LogP contribution in [-0.4, -0.2) is 24.1 Å². The number of rotatable bonds is 4. The zero-order chi connectivity index (χ0) is 13.9. The Bertz CT molecular complexity index is 462. The van der Waals surface area contributed by atoms with Gasteiger partial charge in [-0.15, -0.1) is 0 Å². The molecule has 108 valence electrons. The minimum atomic E-state index is 0.114. The lowest BCUT2D eigenvalue weighted by molar-refractivity contribution is -0.117. The Kier molecular flexibility index (Phi) is 4.01. The molecule has 2 aliphatic rings. The molecule has 2 heterocycles. The molecule has 4 heteroatoms. The first kappa shape index (κ1) is 13.6. The van der Waals surface area contributed by atoms with E-state index >= 15 is 0 Å². The topological polar surface area (TPSA) is 51.2 Å². The fraction of sp³-hybridized carbons (Fsp3) is 0.625. The van der Waals surface area contributed by atoms with Crippen molar-refractivity contribution in [2.24, 2.45) is 11.8 Å². The van der Waals surface area contributed by atoms with Gasteiger partial charge in [-0.1, -0.05) is 13.0 Å². The average molecular weight is 274 g/mol. The largest absolute Gasteiger partial charge is 0.381 e. The van der Waals surface area contributed by atoms with E-state index in [2.05, 4.69) is 23.3 Å². The predicted molar refractivity (Wildman–Crippen MR) is 77.5 cm³/mol. The molecule has 1 saturated carbocycles. The van der Waals surface area contributed by atoms with Crippen molar-refractivity contribution in [2.75, 3.05) is 18.5 Å². The van der Waals surface area contributed by atoms with E-state index in [1.54, 1.807) is 0 Å². The highest BCUT2D eigenvalue weighted by Gasteiger charge is 2.29. The van der Waals surface area contributed by atoms with E-state index in [9.17, 15) is 4.79 Å². The van der Waals surface area contributed by atoms with Gasteiger partial charge in [0.2, 0.25) is 5.91 Å². The number of aromatic nitrogens is 1. The standard InChI is InChI=1S/C16H22N2O2/c1-11(12-6-8-20-9-7-12)14-4-5-15(17-10-14)18-16(19)13-2-3-13/h4-5,10-13H,2-3,6-9H2,1H3,(H,17,18,19). The van der Waals surface area contributed by atoms with Crippen molar-refractivity contribution in [1.82, 2.24) is 4.98 Å². The fourth-order valence-corrected chi connectivity index (χ4v) is 2.81. The molecule has 1 aliphatic carbocycles. The number of ether oxygens (including phenoxy) is 1. The molecule has 1 amide bonds. The molecule has 1 saturated heterocycles. The molecule has 1 aliphatic heterocycles. The molecule has 4 nitrogen and oxygen atoms in total. The summed E-state index contributed by atoms with van der Waals surface area (Å²) in [5.74, 6) is 2.18. The third kappa shape index (κ3) is 3.18. The molecule has 1 aromatic rings. The lowest BCUT2D eigenvalue weighted by Crippen LogP contribution is -2.20. The fourth-order valence-electron chi connectivity index (χ4n) is 2.81. The van der Waals surface area contributed by atoms with E-state index in [4.69, 9.17) is 4.74 Å². The van der Waals surface area contributed by atoms with E-state index < -0.39 is 0 Å². The van der Waals surface area contributed by atoms with Gasteiger partial charge in [0.05, 0.1) is 0 Å². The van der Waals surface area contributed by atoms with Gasteiger partial charge in [-0.05, 0) is 49.1 Å². The van der Waals surface area contributed by atoms with Crippen LogP contribution in [0.3, 0.4) is 0 Å². The third-order valence-corrected chi connectivity index (χ3v) is 4.48. The van der Waals surface area contributed by atoms with Crippen LogP contribution in [0.15, 0.2) is 18.3 Å². The summed E-state index contributed by atoms with van der Waals surface area (Å²) in [6, 6.07) is 4.01. The number of nitrogens with zero attached hydrogens (tertiary/aromatic N) is 1. The van der Waals surface area contributed by atoms with E-state index in [0.717, 1.165) is 38.9 Å². The zero-order valence-electron chi connectivity index (χ0n) is 12.0. The average Bonchev–Trinajstić information content (AvgIpc) is 3.33. The molecular formula is C16H22N2O2. The Morgan fingerprint density at radius 2 is 2.05 bits per heavy atom. The summed E-state index contributed by atoms with van der Waals surface area (Å²) in [4.78, 5) is 16.1. The second-order valence-corrected chi connectivity index (χ2v) is 5.98. The Labute approximate surface area is 119 Å². The lowest BCUT2D eigenvalue weighted by Gasteiger charge is -2.27. The number of carbonyl (C=O) groups excluding carboxylic acids is 1. The van der Waals surface area contributed by atoms with Crippen molar-refractivity contribution >= 4 is 11.7 Å². The van der Waals surface area contributed by atoms with Gasteiger partial charge in [0, 0.05) is 25.3 Å². The summed E-state index contributed by atoms with van der Waals surface area (Å²) >= 11 is 0. The van der Waals surface area contributed by atoms with Gasteiger partial charge in [0.15, 0.2) is 0 Å². The van der Waals surface area contributed by atoms with Crippen LogP contribution in [-0.2, 0) is 9.53 Å². The van der Waals surface area contributed by atoms with Crippen molar-refractivity contribution < 1.29 is 9.53 Å². The Hall–Kier alpha value is -1.42. The zero-order valence-corrected chi connectivity index (χ0v) is 12.0. The van der Waals surface area contributed by atoms with Crippen LogP contribution in [0.2, 0.25) is 0 Å². The summed E-state index contributed by atoms with van der Waals surface area (Å²) in [5, 5.41) is 2.88. The van der Waals surface area contributed by atoms with Crippen LogP contribution in [0, 0.1) is 11.8 Å². The first-order valence-corrected chi connectivity index (χ1v) is 7.58. The SMILES string of the molecule is CC(c1ccc(NC(=O)C2CC2)nc1)C1CCOCC1. The number of nitrogens with one attached hydrogen (secondary N) is 1. The van der Waals surface area contributed by atoms with Gasteiger partial charge in [-0.2, -0.15) is 0 Å². The first-order chi connectivity index (χ1) is 9.74. The van der Waals surface area contributed by atoms with Gasteiger partial charge < -0.3 is 10.1 Å². The first-order valence-electron chi connectivity index (χ1n) is 7.58. The summed E-state index contributed by atoms with van der Waals surface area (Å²) in [6.45, 7) is 4.01. The van der Waals surface area contributed by atoms with Gasteiger partial charge in [0.1, 0.15) is 5.82 Å². The van der Waals surface area contributed by atoms with Crippen molar-refractivity contribution in [3.8, 4) is 0 Å². The maximum Gasteiger partial charge on any atom is 0.228 e. The number of anilines is 1. The molecule has 2 fully saturated rings. The number of amides is 1. The number of hydrogen-bond acceptors (Lipinski definition) is 3. The Morgan fingerprint density at radius 1 is 1.30 bits per heavy atom. The molecule has 1 atom stereocenters. The van der Waals surface area contributed by atoms with Crippen molar-refractivity contribution in [2.45, 2.75) is 38.5 Å². The van der Waals surface area contributed by atoms with Crippen LogP contribution in [0.4, 0.5) is 5.82 Å².